The zero-order valence-electron chi connectivity index (χ0n) is 7.03. The SMILES string of the molecule is C[C@H](O)CC(=O)c1ccccc1. The van der Waals surface area contributed by atoms with Gasteiger partial charge in [-0.05, 0) is 6.92 Å². The molecule has 0 aliphatic carbocycles. The first-order valence-corrected chi connectivity index (χ1v) is 3.96. The topological polar surface area (TPSA) is 37.3 Å². The Hall–Kier alpha value is -1.15. The van der Waals surface area contributed by atoms with Gasteiger partial charge < -0.3 is 5.11 Å². The van der Waals surface area contributed by atoms with E-state index in [1.54, 1.807) is 19.1 Å². The first-order valence-electron chi connectivity index (χ1n) is 3.96. The summed E-state index contributed by atoms with van der Waals surface area (Å²) in [6.07, 6.45) is -0.359. The molecule has 2 nitrogen and oxygen atoms in total. The van der Waals surface area contributed by atoms with Crippen molar-refractivity contribution in [3.63, 3.8) is 0 Å². The van der Waals surface area contributed by atoms with Crippen molar-refractivity contribution in [1.82, 2.24) is 0 Å². The zero-order chi connectivity index (χ0) is 8.97. The molecule has 0 bridgehead atoms. The van der Waals surface area contributed by atoms with Gasteiger partial charge in [0.25, 0.3) is 0 Å². The molecule has 12 heavy (non-hydrogen) atoms. The molecule has 1 N–H and O–H groups in total. The molecular formula is C10H12O2. The van der Waals surface area contributed by atoms with E-state index in [0.717, 1.165) is 0 Å². The molecule has 0 aliphatic rings. The van der Waals surface area contributed by atoms with Gasteiger partial charge in [0.05, 0.1) is 6.10 Å². The molecule has 0 unspecified atom stereocenters. The highest BCUT2D eigenvalue weighted by atomic mass is 16.3. The molecule has 0 saturated carbocycles. The number of Topliss-reactive ketones (excluding diaryl/α,β-unsaturated/α-hetero) is 1. The van der Waals surface area contributed by atoms with Crippen LogP contribution >= 0.6 is 0 Å². The Morgan fingerprint density at radius 1 is 1.42 bits per heavy atom. The van der Waals surface area contributed by atoms with Crippen LogP contribution in [0.25, 0.3) is 0 Å². The number of aliphatic hydroxyl groups is 1. The molecule has 0 radical (unpaired) electrons. The number of hydrogen-bond donors (Lipinski definition) is 1. The van der Waals surface area contributed by atoms with Crippen molar-refractivity contribution >= 4 is 5.78 Å². The molecule has 0 saturated heterocycles. The summed E-state index contributed by atoms with van der Waals surface area (Å²) < 4.78 is 0. The molecule has 2 heteroatoms. The number of carbonyl (C=O) groups excluding carboxylic acids is 1. The van der Waals surface area contributed by atoms with Gasteiger partial charge in [-0.1, -0.05) is 30.3 Å². The van der Waals surface area contributed by atoms with Gasteiger partial charge in [0.15, 0.2) is 5.78 Å². The minimum Gasteiger partial charge on any atom is -0.393 e. The van der Waals surface area contributed by atoms with Crippen LogP contribution < -0.4 is 0 Å². The van der Waals surface area contributed by atoms with Crippen LogP contribution in [0.3, 0.4) is 0 Å². The average Bonchev–Trinajstić information content (AvgIpc) is 2.05. The second kappa shape index (κ2) is 4.02. The van der Waals surface area contributed by atoms with E-state index >= 15 is 0 Å². The summed E-state index contributed by atoms with van der Waals surface area (Å²) in [6, 6.07) is 9.00. The Morgan fingerprint density at radius 2 is 2.00 bits per heavy atom. The first kappa shape index (κ1) is 8.94. The van der Waals surface area contributed by atoms with Gasteiger partial charge >= 0.3 is 0 Å². The lowest BCUT2D eigenvalue weighted by atomic mass is 10.1. The summed E-state index contributed by atoms with van der Waals surface area (Å²) in [6.45, 7) is 1.61. The quantitative estimate of drug-likeness (QED) is 0.689. The summed E-state index contributed by atoms with van der Waals surface area (Å²) in [5, 5.41) is 8.96. The summed E-state index contributed by atoms with van der Waals surface area (Å²) in [7, 11) is 0. The number of carbonyl (C=O) groups is 1. The smallest absolute Gasteiger partial charge is 0.165 e. The fourth-order valence-corrected chi connectivity index (χ4v) is 1.01. The van der Waals surface area contributed by atoms with Gasteiger partial charge in [-0.2, -0.15) is 0 Å². The van der Waals surface area contributed by atoms with E-state index in [1.807, 2.05) is 18.2 Å². The van der Waals surface area contributed by atoms with E-state index in [-0.39, 0.29) is 12.2 Å². The second-order valence-corrected chi connectivity index (χ2v) is 2.84. The molecule has 0 fully saturated rings. The minimum absolute atomic E-state index is 0.00870. The van der Waals surface area contributed by atoms with Crippen molar-refractivity contribution in [3.05, 3.63) is 35.9 Å². The lowest BCUT2D eigenvalue weighted by molar-refractivity contribution is 0.0901. The van der Waals surface area contributed by atoms with Crippen molar-refractivity contribution in [3.8, 4) is 0 Å². The molecule has 1 atom stereocenters. The molecule has 0 heterocycles. The van der Waals surface area contributed by atoms with Crippen LogP contribution in [0.15, 0.2) is 30.3 Å². The minimum atomic E-state index is -0.558. The molecule has 1 aromatic rings. The number of rotatable bonds is 3. The van der Waals surface area contributed by atoms with Crippen LogP contribution in [-0.4, -0.2) is 17.0 Å². The maximum atomic E-state index is 11.3. The Kier molecular flexibility index (Phi) is 3.00. The predicted molar refractivity (Wildman–Crippen MR) is 47.1 cm³/mol. The van der Waals surface area contributed by atoms with Gasteiger partial charge in [0, 0.05) is 12.0 Å². The fourth-order valence-electron chi connectivity index (χ4n) is 1.01. The van der Waals surface area contributed by atoms with E-state index in [2.05, 4.69) is 0 Å². The highest BCUT2D eigenvalue weighted by Gasteiger charge is 2.07. The Bertz CT molecular complexity index is 252. The van der Waals surface area contributed by atoms with Crippen molar-refractivity contribution in [1.29, 1.82) is 0 Å². The lowest BCUT2D eigenvalue weighted by Gasteiger charge is -2.02. The number of hydrogen-bond acceptors (Lipinski definition) is 2. The van der Waals surface area contributed by atoms with Crippen LogP contribution in [0.4, 0.5) is 0 Å². The van der Waals surface area contributed by atoms with Crippen LogP contribution in [0.2, 0.25) is 0 Å². The molecule has 0 aromatic heterocycles. The van der Waals surface area contributed by atoms with E-state index in [4.69, 9.17) is 5.11 Å². The van der Waals surface area contributed by atoms with Crippen LogP contribution in [0, 0.1) is 0 Å². The highest BCUT2D eigenvalue weighted by molar-refractivity contribution is 5.96. The Labute approximate surface area is 71.8 Å². The third-order valence-electron chi connectivity index (χ3n) is 1.58. The fraction of sp³-hybridized carbons (Fsp3) is 0.300. The first-order chi connectivity index (χ1) is 5.70. The Morgan fingerprint density at radius 3 is 2.50 bits per heavy atom. The third kappa shape index (κ3) is 2.47. The Balaban J connectivity index is 2.66. The lowest BCUT2D eigenvalue weighted by Crippen LogP contribution is -2.09. The molecule has 1 rings (SSSR count). The molecule has 1 aromatic carbocycles. The molecule has 64 valence electrons. The van der Waals surface area contributed by atoms with Gasteiger partial charge in [0.2, 0.25) is 0 Å². The van der Waals surface area contributed by atoms with Crippen LogP contribution in [0.5, 0.6) is 0 Å². The predicted octanol–water partition coefficient (Wildman–Crippen LogP) is 1.64. The monoisotopic (exact) mass is 164 g/mol. The molecule has 0 aliphatic heterocycles. The second-order valence-electron chi connectivity index (χ2n) is 2.84. The van der Waals surface area contributed by atoms with Crippen molar-refractivity contribution in [2.24, 2.45) is 0 Å². The summed E-state index contributed by atoms with van der Waals surface area (Å²) in [4.78, 5) is 11.3. The number of aliphatic hydroxyl groups excluding tert-OH is 1. The maximum absolute atomic E-state index is 11.3. The number of benzene rings is 1. The summed E-state index contributed by atoms with van der Waals surface area (Å²) in [5.74, 6) is -0.00870. The molecular weight excluding hydrogens is 152 g/mol. The normalized spacial score (nSPS) is 12.5. The third-order valence-corrected chi connectivity index (χ3v) is 1.58. The van der Waals surface area contributed by atoms with E-state index in [0.29, 0.717) is 5.56 Å². The van der Waals surface area contributed by atoms with Crippen molar-refractivity contribution < 1.29 is 9.90 Å². The summed E-state index contributed by atoms with van der Waals surface area (Å²) >= 11 is 0. The van der Waals surface area contributed by atoms with Crippen LogP contribution in [-0.2, 0) is 0 Å². The van der Waals surface area contributed by atoms with Crippen molar-refractivity contribution in [2.75, 3.05) is 0 Å². The van der Waals surface area contributed by atoms with Crippen LogP contribution in [0.1, 0.15) is 23.7 Å². The van der Waals surface area contributed by atoms with Gasteiger partial charge in [0.1, 0.15) is 0 Å². The largest absolute Gasteiger partial charge is 0.393 e. The molecule has 0 amide bonds. The van der Waals surface area contributed by atoms with Crippen molar-refractivity contribution in [2.45, 2.75) is 19.4 Å². The van der Waals surface area contributed by atoms with Gasteiger partial charge in [-0.25, -0.2) is 0 Å². The van der Waals surface area contributed by atoms with Gasteiger partial charge in [-0.15, -0.1) is 0 Å². The van der Waals surface area contributed by atoms with E-state index in [1.165, 1.54) is 0 Å². The molecule has 0 spiro atoms. The number of ketones is 1. The standard InChI is InChI=1S/C10H12O2/c1-8(11)7-10(12)9-5-3-2-4-6-9/h2-6,8,11H,7H2,1H3/t8-/m0/s1. The van der Waals surface area contributed by atoms with E-state index < -0.39 is 6.10 Å². The van der Waals surface area contributed by atoms with Gasteiger partial charge in [-0.3, -0.25) is 4.79 Å². The highest BCUT2D eigenvalue weighted by Crippen LogP contribution is 2.04. The average molecular weight is 164 g/mol. The maximum Gasteiger partial charge on any atom is 0.165 e. The van der Waals surface area contributed by atoms with E-state index in [9.17, 15) is 4.79 Å². The zero-order valence-corrected chi connectivity index (χ0v) is 7.03. The summed E-state index contributed by atoms with van der Waals surface area (Å²) in [5.41, 5.74) is 0.665.